The summed E-state index contributed by atoms with van der Waals surface area (Å²) in [4.78, 5) is 38.4. The van der Waals surface area contributed by atoms with Crippen LogP contribution in [-0.2, 0) is 16.9 Å². The monoisotopic (exact) mass is 367 g/mol. The number of hydrogen-bond acceptors (Lipinski definition) is 4. The van der Waals surface area contributed by atoms with Crippen LogP contribution in [0.2, 0.25) is 0 Å². The topological polar surface area (TPSA) is 98.7 Å². The molecule has 1 fully saturated rings. The van der Waals surface area contributed by atoms with Crippen molar-refractivity contribution in [3.05, 3.63) is 71.3 Å². The Bertz CT molecular complexity index is 851. The highest BCUT2D eigenvalue weighted by Gasteiger charge is 2.51. The van der Waals surface area contributed by atoms with Gasteiger partial charge < -0.3 is 5.32 Å². The second kappa shape index (κ2) is 7.59. The molecule has 0 spiro atoms. The molecule has 0 bridgehead atoms. The van der Waals surface area contributed by atoms with Crippen molar-refractivity contribution in [2.75, 3.05) is 0 Å². The summed E-state index contributed by atoms with van der Waals surface area (Å²) in [7, 11) is 0. The first-order valence-corrected chi connectivity index (χ1v) is 8.75. The second-order valence-corrected chi connectivity index (χ2v) is 6.48. The fraction of sp³-hybridized carbons (Fsp3) is 0.250. The maximum atomic E-state index is 13.2. The molecule has 1 atom stereocenters. The molecule has 1 unspecified atom stereocenters. The molecule has 1 heterocycles. The van der Waals surface area contributed by atoms with Crippen LogP contribution in [0.15, 0.2) is 54.6 Å². The van der Waals surface area contributed by atoms with Crippen LogP contribution >= 0.6 is 0 Å². The molecule has 2 aromatic rings. The van der Waals surface area contributed by atoms with Gasteiger partial charge in [-0.25, -0.2) is 10.3 Å². The van der Waals surface area contributed by atoms with Crippen LogP contribution in [-0.4, -0.2) is 28.0 Å². The summed E-state index contributed by atoms with van der Waals surface area (Å²) < 4.78 is 0. The molecule has 140 valence electrons. The maximum absolute atomic E-state index is 13.2. The second-order valence-electron chi connectivity index (χ2n) is 6.48. The number of carbonyl (C=O) groups excluding carboxylic acids is 3. The molecule has 1 aliphatic rings. The van der Waals surface area contributed by atoms with Gasteiger partial charge in [-0.05, 0) is 29.7 Å². The highest BCUT2D eigenvalue weighted by molar-refractivity contribution is 6.07. The molecular formula is C20H21N3O4. The van der Waals surface area contributed by atoms with Gasteiger partial charge >= 0.3 is 6.03 Å². The highest BCUT2D eigenvalue weighted by Crippen LogP contribution is 2.34. The van der Waals surface area contributed by atoms with Crippen LogP contribution in [0.25, 0.3) is 0 Å². The maximum Gasteiger partial charge on any atom is 0.325 e. The van der Waals surface area contributed by atoms with Crippen LogP contribution < -0.4 is 10.8 Å². The Balaban J connectivity index is 1.86. The van der Waals surface area contributed by atoms with Crippen molar-refractivity contribution in [2.24, 2.45) is 0 Å². The number of hydrogen-bond donors (Lipinski definition) is 3. The summed E-state index contributed by atoms with van der Waals surface area (Å²) in [6.45, 7) is 2.07. The first-order valence-electron chi connectivity index (χ1n) is 8.75. The lowest BCUT2D eigenvalue weighted by molar-refractivity contribution is -0.132. The fourth-order valence-electron chi connectivity index (χ4n) is 3.39. The van der Waals surface area contributed by atoms with Gasteiger partial charge in [0.2, 0.25) is 0 Å². The molecule has 0 saturated carbocycles. The van der Waals surface area contributed by atoms with Gasteiger partial charge in [0.05, 0.1) is 6.54 Å². The molecule has 3 rings (SSSR count). The minimum atomic E-state index is -1.05. The van der Waals surface area contributed by atoms with Gasteiger partial charge in [0.1, 0.15) is 5.54 Å². The molecule has 2 aromatic carbocycles. The van der Waals surface area contributed by atoms with Gasteiger partial charge in [-0.1, -0.05) is 55.8 Å². The van der Waals surface area contributed by atoms with Gasteiger partial charge in [-0.15, -0.1) is 0 Å². The van der Waals surface area contributed by atoms with Crippen molar-refractivity contribution >= 4 is 17.8 Å². The zero-order valence-electron chi connectivity index (χ0n) is 14.9. The third-order valence-corrected chi connectivity index (χ3v) is 4.73. The van der Waals surface area contributed by atoms with Gasteiger partial charge in [0.15, 0.2) is 0 Å². The van der Waals surface area contributed by atoms with E-state index in [4.69, 9.17) is 5.21 Å². The molecule has 0 aromatic heterocycles. The number of hydroxylamine groups is 1. The number of nitrogens with zero attached hydrogens (tertiary/aromatic N) is 1. The number of nitrogens with one attached hydrogen (secondary N) is 2. The molecule has 0 aliphatic carbocycles. The van der Waals surface area contributed by atoms with E-state index in [1.54, 1.807) is 17.6 Å². The summed E-state index contributed by atoms with van der Waals surface area (Å²) in [5, 5.41) is 11.6. The van der Waals surface area contributed by atoms with E-state index >= 15 is 0 Å². The minimum Gasteiger partial charge on any atom is -0.319 e. The third-order valence-electron chi connectivity index (χ3n) is 4.73. The first-order chi connectivity index (χ1) is 13.0. The van der Waals surface area contributed by atoms with E-state index in [0.717, 1.165) is 12.0 Å². The zero-order valence-corrected chi connectivity index (χ0v) is 14.9. The molecular weight excluding hydrogens is 346 g/mol. The molecule has 7 nitrogen and oxygen atoms in total. The lowest BCUT2D eigenvalue weighted by atomic mass is 9.85. The number of carbonyl (C=O) groups is 3. The molecule has 3 N–H and O–H groups in total. The van der Waals surface area contributed by atoms with Crippen LogP contribution in [0, 0.1) is 0 Å². The van der Waals surface area contributed by atoms with E-state index in [1.165, 1.54) is 17.0 Å². The lowest BCUT2D eigenvalue weighted by Crippen LogP contribution is -2.43. The molecule has 0 radical (unpaired) electrons. The smallest absolute Gasteiger partial charge is 0.319 e. The van der Waals surface area contributed by atoms with E-state index in [1.807, 2.05) is 37.3 Å². The fourth-order valence-corrected chi connectivity index (χ4v) is 3.39. The van der Waals surface area contributed by atoms with E-state index in [2.05, 4.69) is 5.32 Å². The van der Waals surface area contributed by atoms with Crippen molar-refractivity contribution in [1.29, 1.82) is 0 Å². The Hall–Kier alpha value is -3.19. The number of urea groups is 1. The Kier molecular flexibility index (Phi) is 5.23. The standard InChI is InChI=1S/C20H21N3O4/c1-2-12-20(16-6-4-3-5-7-16)18(25)23(19(26)21-20)13-14-8-10-15(11-9-14)17(24)22-27/h3-11,27H,2,12-13H2,1H3,(H,21,26)(H,22,24). The van der Waals surface area contributed by atoms with Crippen LogP contribution in [0.5, 0.6) is 0 Å². The summed E-state index contributed by atoms with van der Waals surface area (Å²) >= 11 is 0. The number of amides is 4. The van der Waals surface area contributed by atoms with Gasteiger partial charge in [-0.2, -0.15) is 0 Å². The normalized spacial score (nSPS) is 19.1. The SMILES string of the molecule is CCCC1(c2ccccc2)NC(=O)N(Cc2ccc(C(=O)NO)cc2)C1=O. The molecule has 1 aliphatic heterocycles. The molecule has 27 heavy (non-hydrogen) atoms. The van der Waals surface area contributed by atoms with Crippen molar-refractivity contribution in [2.45, 2.75) is 31.8 Å². The van der Waals surface area contributed by atoms with Gasteiger partial charge in [0.25, 0.3) is 11.8 Å². The predicted molar refractivity (Wildman–Crippen MR) is 97.8 cm³/mol. The number of imide groups is 1. The van der Waals surface area contributed by atoms with Gasteiger partial charge in [0, 0.05) is 5.56 Å². The highest BCUT2D eigenvalue weighted by atomic mass is 16.5. The quantitative estimate of drug-likeness (QED) is 0.415. The summed E-state index contributed by atoms with van der Waals surface area (Å²) in [6, 6.07) is 15.2. The molecule has 7 heteroatoms. The average molecular weight is 367 g/mol. The van der Waals surface area contributed by atoms with Crippen molar-refractivity contribution in [1.82, 2.24) is 15.7 Å². The van der Waals surface area contributed by atoms with E-state index in [-0.39, 0.29) is 18.0 Å². The Labute approximate surface area is 156 Å². The summed E-state index contributed by atoms with van der Waals surface area (Å²) in [6.07, 6.45) is 1.24. The molecule has 1 saturated heterocycles. The van der Waals surface area contributed by atoms with E-state index in [0.29, 0.717) is 12.0 Å². The first kappa shape index (κ1) is 18.6. The Morgan fingerprint density at radius 3 is 2.37 bits per heavy atom. The molecule has 4 amide bonds. The summed E-state index contributed by atoms with van der Waals surface area (Å²) in [5.74, 6) is -0.902. The number of benzene rings is 2. The van der Waals surface area contributed by atoms with E-state index < -0.39 is 17.5 Å². The average Bonchev–Trinajstić information content (AvgIpc) is 2.94. The van der Waals surface area contributed by atoms with Crippen molar-refractivity contribution < 1.29 is 19.6 Å². The summed E-state index contributed by atoms with van der Waals surface area (Å²) in [5.41, 5.74) is 2.26. The number of rotatable bonds is 6. The van der Waals surface area contributed by atoms with Gasteiger partial charge in [-0.3, -0.25) is 19.7 Å². The lowest BCUT2D eigenvalue weighted by Gasteiger charge is -2.27. The van der Waals surface area contributed by atoms with Crippen LogP contribution in [0.4, 0.5) is 4.79 Å². The minimum absolute atomic E-state index is 0.101. The predicted octanol–water partition coefficient (Wildman–Crippen LogP) is 2.55. The van der Waals surface area contributed by atoms with E-state index in [9.17, 15) is 14.4 Å². The van der Waals surface area contributed by atoms with Crippen LogP contribution in [0.3, 0.4) is 0 Å². The Morgan fingerprint density at radius 1 is 1.11 bits per heavy atom. The third kappa shape index (κ3) is 3.41. The van der Waals surface area contributed by atoms with Crippen molar-refractivity contribution in [3.8, 4) is 0 Å². The zero-order chi connectivity index (χ0) is 19.4. The Morgan fingerprint density at radius 2 is 1.78 bits per heavy atom. The largest absolute Gasteiger partial charge is 0.325 e. The van der Waals surface area contributed by atoms with Crippen molar-refractivity contribution in [3.63, 3.8) is 0 Å². The van der Waals surface area contributed by atoms with Crippen LogP contribution in [0.1, 0.15) is 41.3 Å².